The Bertz CT molecular complexity index is 2280. The SMILES string of the molecule is O=c1c2ccncc2c2ncccc2n1-c1cccc(-c2ccc3c4ccccc4c4ccccc4c3c2)c1. The molecule has 0 atom stereocenters. The van der Waals surface area contributed by atoms with Crippen molar-refractivity contribution in [2.24, 2.45) is 0 Å². The Morgan fingerprint density at radius 2 is 1.21 bits per heavy atom. The van der Waals surface area contributed by atoms with E-state index in [1.807, 2.05) is 24.3 Å². The molecule has 0 spiro atoms. The van der Waals surface area contributed by atoms with E-state index in [9.17, 15) is 4.79 Å². The van der Waals surface area contributed by atoms with E-state index in [0.29, 0.717) is 5.39 Å². The van der Waals surface area contributed by atoms with Crippen LogP contribution in [0.5, 0.6) is 0 Å². The second kappa shape index (κ2) is 8.33. The molecule has 39 heavy (non-hydrogen) atoms. The lowest BCUT2D eigenvalue weighted by Gasteiger charge is -2.14. The second-order valence-corrected chi connectivity index (χ2v) is 9.83. The fraction of sp³-hybridized carbons (Fsp3) is 0. The van der Waals surface area contributed by atoms with E-state index < -0.39 is 0 Å². The van der Waals surface area contributed by atoms with Gasteiger partial charge in [0.15, 0.2) is 0 Å². The Morgan fingerprint density at radius 3 is 1.97 bits per heavy atom. The van der Waals surface area contributed by atoms with Gasteiger partial charge in [0.25, 0.3) is 5.56 Å². The van der Waals surface area contributed by atoms with E-state index in [4.69, 9.17) is 0 Å². The monoisotopic (exact) mass is 499 g/mol. The summed E-state index contributed by atoms with van der Waals surface area (Å²) >= 11 is 0. The van der Waals surface area contributed by atoms with Gasteiger partial charge in [-0.15, -0.1) is 0 Å². The highest BCUT2D eigenvalue weighted by Gasteiger charge is 2.14. The molecule has 0 bridgehead atoms. The highest BCUT2D eigenvalue weighted by atomic mass is 16.1. The molecule has 0 amide bonds. The standard InChI is InChI=1S/C35H21N3O/c39-35-30-16-18-36-21-32(30)34-33(13-6-17-37-34)38(35)24-8-5-7-22(19-24)23-14-15-29-27-11-2-1-9-25(27)26-10-3-4-12-28(26)31(29)20-23/h1-21H. The van der Waals surface area contributed by atoms with Crippen molar-refractivity contribution in [3.8, 4) is 16.8 Å². The van der Waals surface area contributed by atoms with Crippen molar-refractivity contribution >= 4 is 54.1 Å². The van der Waals surface area contributed by atoms with Gasteiger partial charge in [0, 0.05) is 29.7 Å². The summed E-state index contributed by atoms with van der Waals surface area (Å²) in [6, 6.07) is 37.6. The Labute approximate surface area is 223 Å². The Hall–Kier alpha value is -5.35. The lowest BCUT2D eigenvalue weighted by atomic mass is 9.92. The molecular formula is C35H21N3O. The number of rotatable bonds is 2. The van der Waals surface area contributed by atoms with Crippen molar-refractivity contribution in [2.45, 2.75) is 0 Å². The summed E-state index contributed by atoms with van der Waals surface area (Å²) in [5.74, 6) is 0. The second-order valence-electron chi connectivity index (χ2n) is 9.83. The molecule has 0 aliphatic carbocycles. The largest absolute Gasteiger partial charge is 0.275 e. The molecule has 4 nitrogen and oxygen atoms in total. The van der Waals surface area contributed by atoms with Gasteiger partial charge in [-0.05, 0) is 79.8 Å². The van der Waals surface area contributed by atoms with Gasteiger partial charge in [-0.1, -0.05) is 72.8 Å². The van der Waals surface area contributed by atoms with E-state index in [1.54, 1.807) is 29.2 Å². The first-order valence-corrected chi connectivity index (χ1v) is 13.0. The maximum absolute atomic E-state index is 13.7. The number of benzene rings is 5. The Kier molecular flexibility index (Phi) is 4.64. The highest BCUT2D eigenvalue weighted by Crippen LogP contribution is 2.37. The van der Waals surface area contributed by atoms with Crippen LogP contribution in [-0.2, 0) is 0 Å². The topological polar surface area (TPSA) is 47.8 Å². The molecule has 0 saturated heterocycles. The zero-order valence-electron chi connectivity index (χ0n) is 20.9. The van der Waals surface area contributed by atoms with Gasteiger partial charge >= 0.3 is 0 Å². The van der Waals surface area contributed by atoms with Crippen molar-refractivity contribution in [3.05, 3.63) is 138 Å². The van der Waals surface area contributed by atoms with Crippen molar-refractivity contribution in [2.75, 3.05) is 0 Å². The predicted molar refractivity (Wildman–Crippen MR) is 161 cm³/mol. The van der Waals surface area contributed by atoms with E-state index in [1.165, 1.54) is 32.3 Å². The van der Waals surface area contributed by atoms with Gasteiger partial charge in [-0.3, -0.25) is 19.3 Å². The molecule has 0 aliphatic rings. The van der Waals surface area contributed by atoms with Crippen LogP contribution in [0.15, 0.2) is 133 Å². The molecule has 3 aromatic heterocycles. The van der Waals surface area contributed by atoms with Gasteiger partial charge in [-0.25, -0.2) is 0 Å². The summed E-state index contributed by atoms with van der Waals surface area (Å²) < 4.78 is 1.76. The third-order valence-corrected chi connectivity index (χ3v) is 7.72. The fourth-order valence-corrected chi connectivity index (χ4v) is 5.95. The van der Waals surface area contributed by atoms with Crippen LogP contribution in [0.4, 0.5) is 0 Å². The number of nitrogens with zero attached hydrogens (tertiary/aromatic N) is 3. The number of hydrogen-bond donors (Lipinski definition) is 0. The molecule has 5 aromatic carbocycles. The van der Waals surface area contributed by atoms with Crippen LogP contribution >= 0.6 is 0 Å². The molecule has 4 heteroatoms. The first kappa shape index (κ1) is 21.7. The number of fused-ring (bicyclic) bond motifs is 9. The van der Waals surface area contributed by atoms with Crippen molar-refractivity contribution in [3.63, 3.8) is 0 Å². The first-order chi connectivity index (χ1) is 19.3. The maximum atomic E-state index is 13.7. The maximum Gasteiger partial charge on any atom is 0.263 e. The Morgan fingerprint density at radius 1 is 0.513 bits per heavy atom. The zero-order valence-corrected chi connectivity index (χ0v) is 20.9. The summed E-state index contributed by atoms with van der Waals surface area (Å²) in [5, 5.41) is 8.83. The van der Waals surface area contributed by atoms with Crippen LogP contribution in [0.2, 0.25) is 0 Å². The lowest BCUT2D eigenvalue weighted by molar-refractivity contribution is 1.05. The van der Waals surface area contributed by atoms with Gasteiger partial charge in [0.05, 0.1) is 16.4 Å². The molecule has 182 valence electrons. The molecule has 0 saturated carbocycles. The molecule has 0 aliphatic heterocycles. The highest BCUT2D eigenvalue weighted by molar-refractivity contribution is 6.25. The molecule has 0 radical (unpaired) electrons. The third kappa shape index (κ3) is 3.22. The van der Waals surface area contributed by atoms with Crippen LogP contribution in [-0.4, -0.2) is 14.5 Å². The molecule has 8 rings (SSSR count). The fourth-order valence-electron chi connectivity index (χ4n) is 5.95. The number of pyridine rings is 3. The molecule has 3 heterocycles. The molecule has 0 N–H and O–H groups in total. The smallest absolute Gasteiger partial charge is 0.263 e. The lowest BCUT2D eigenvalue weighted by Crippen LogP contribution is -2.19. The van der Waals surface area contributed by atoms with Crippen LogP contribution in [0.3, 0.4) is 0 Å². The van der Waals surface area contributed by atoms with E-state index >= 15 is 0 Å². The van der Waals surface area contributed by atoms with Gasteiger partial charge in [-0.2, -0.15) is 0 Å². The minimum absolute atomic E-state index is 0.0824. The van der Waals surface area contributed by atoms with E-state index in [-0.39, 0.29) is 5.56 Å². The number of aromatic nitrogens is 3. The molecular weight excluding hydrogens is 478 g/mol. The number of hydrogen-bond acceptors (Lipinski definition) is 3. The van der Waals surface area contributed by atoms with Gasteiger partial charge in [0.1, 0.15) is 0 Å². The summed E-state index contributed by atoms with van der Waals surface area (Å²) in [6.45, 7) is 0. The molecule has 0 fully saturated rings. The third-order valence-electron chi connectivity index (χ3n) is 7.72. The van der Waals surface area contributed by atoms with Crippen molar-refractivity contribution in [1.82, 2.24) is 14.5 Å². The minimum atomic E-state index is -0.0824. The van der Waals surface area contributed by atoms with Gasteiger partial charge in [0.2, 0.25) is 0 Å². The summed E-state index contributed by atoms with van der Waals surface area (Å²) in [6.07, 6.45) is 5.13. The van der Waals surface area contributed by atoms with Crippen molar-refractivity contribution in [1.29, 1.82) is 0 Å². The van der Waals surface area contributed by atoms with Gasteiger partial charge < -0.3 is 0 Å². The summed E-state index contributed by atoms with van der Waals surface area (Å²) in [5.41, 5.74) is 4.39. The Balaban J connectivity index is 1.38. The average Bonchev–Trinajstić information content (AvgIpc) is 3.01. The minimum Gasteiger partial charge on any atom is -0.275 e. The van der Waals surface area contributed by atoms with Crippen LogP contribution < -0.4 is 5.56 Å². The summed E-state index contributed by atoms with van der Waals surface area (Å²) in [4.78, 5) is 22.6. The predicted octanol–water partition coefficient (Wildman–Crippen LogP) is 8.06. The zero-order chi connectivity index (χ0) is 25.9. The van der Waals surface area contributed by atoms with Crippen molar-refractivity contribution < 1.29 is 0 Å². The normalized spacial score (nSPS) is 11.7. The van der Waals surface area contributed by atoms with Crippen LogP contribution in [0, 0.1) is 0 Å². The summed E-state index contributed by atoms with van der Waals surface area (Å²) in [7, 11) is 0. The molecule has 0 unspecified atom stereocenters. The average molecular weight is 500 g/mol. The van der Waals surface area contributed by atoms with E-state index in [0.717, 1.165) is 33.2 Å². The van der Waals surface area contributed by atoms with Crippen LogP contribution in [0.1, 0.15) is 0 Å². The first-order valence-electron chi connectivity index (χ1n) is 13.0. The van der Waals surface area contributed by atoms with Crippen LogP contribution in [0.25, 0.3) is 70.9 Å². The molecule has 8 aromatic rings. The quantitative estimate of drug-likeness (QED) is 0.226. The van der Waals surface area contributed by atoms with E-state index in [2.05, 4.69) is 88.8 Å².